The first-order valence-corrected chi connectivity index (χ1v) is 7.45. The lowest BCUT2D eigenvalue weighted by Gasteiger charge is -2.29. The summed E-state index contributed by atoms with van der Waals surface area (Å²) in [4.78, 5) is 24.6. The van der Waals surface area contributed by atoms with Crippen molar-refractivity contribution in [1.82, 2.24) is 4.90 Å². The number of carboxylic acids is 1. The topological polar surface area (TPSA) is 69.6 Å². The fourth-order valence-corrected chi connectivity index (χ4v) is 2.65. The van der Waals surface area contributed by atoms with E-state index in [9.17, 15) is 14.0 Å². The summed E-state index contributed by atoms with van der Waals surface area (Å²) < 4.78 is 14.2. The van der Waals surface area contributed by atoms with Gasteiger partial charge in [-0.05, 0) is 44.1 Å². The minimum atomic E-state index is -0.781. The van der Waals surface area contributed by atoms with Gasteiger partial charge < -0.3 is 10.4 Å². The largest absolute Gasteiger partial charge is 0.481 e. The van der Waals surface area contributed by atoms with E-state index in [-0.39, 0.29) is 36.5 Å². The summed E-state index contributed by atoms with van der Waals surface area (Å²) in [5.74, 6) is -1.91. The van der Waals surface area contributed by atoms with Gasteiger partial charge in [-0.2, -0.15) is 0 Å². The Bertz CT molecular complexity index is 551. The molecule has 0 saturated carbocycles. The van der Waals surface area contributed by atoms with Crippen LogP contribution in [0.5, 0.6) is 0 Å². The van der Waals surface area contributed by atoms with Gasteiger partial charge in [-0.15, -0.1) is 12.4 Å². The second kappa shape index (κ2) is 8.45. The van der Waals surface area contributed by atoms with Gasteiger partial charge in [0.15, 0.2) is 0 Å². The predicted octanol–water partition coefficient (Wildman–Crippen LogP) is 2.75. The molecule has 0 atom stereocenters. The number of nitrogens with zero attached hydrogens (tertiary/aromatic N) is 1. The molecular formula is C14H17BrClFN2O3. The second-order valence-corrected chi connectivity index (χ2v) is 5.98. The van der Waals surface area contributed by atoms with Crippen LogP contribution in [0.15, 0.2) is 22.7 Å². The number of benzene rings is 1. The zero-order valence-electron chi connectivity index (χ0n) is 11.7. The van der Waals surface area contributed by atoms with Crippen molar-refractivity contribution in [3.05, 3.63) is 28.5 Å². The zero-order valence-corrected chi connectivity index (χ0v) is 14.1. The van der Waals surface area contributed by atoms with E-state index in [2.05, 4.69) is 21.2 Å². The molecule has 122 valence electrons. The molecule has 1 fully saturated rings. The Hall–Kier alpha value is -1.18. The van der Waals surface area contributed by atoms with Crippen LogP contribution in [0.2, 0.25) is 0 Å². The molecule has 1 amide bonds. The number of rotatable bonds is 4. The highest BCUT2D eigenvalue weighted by Crippen LogP contribution is 2.20. The number of halogens is 3. The highest BCUT2D eigenvalue weighted by Gasteiger charge is 2.25. The molecule has 0 spiro atoms. The minimum Gasteiger partial charge on any atom is -0.481 e. The van der Waals surface area contributed by atoms with Gasteiger partial charge in [-0.3, -0.25) is 14.5 Å². The average molecular weight is 396 g/mol. The fourth-order valence-electron chi connectivity index (χ4n) is 2.32. The Kier molecular flexibility index (Phi) is 7.25. The molecule has 0 unspecified atom stereocenters. The van der Waals surface area contributed by atoms with Gasteiger partial charge in [0.25, 0.3) is 0 Å². The summed E-state index contributed by atoms with van der Waals surface area (Å²) in [6, 6.07) is 4.43. The molecule has 0 radical (unpaired) electrons. The van der Waals surface area contributed by atoms with Gasteiger partial charge >= 0.3 is 5.97 Å². The Balaban J connectivity index is 0.00000242. The average Bonchev–Trinajstić information content (AvgIpc) is 2.42. The quantitative estimate of drug-likeness (QED) is 0.822. The maximum absolute atomic E-state index is 13.6. The van der Waals surface area contributed by atoms with Crippen molar-refractivity contribution in [2.75, 3.05) is 25.0 Å². The summed E-state index contributed by atoms with van der Waals surface area (Å²) >= 11 is 3.15. The maximum Gasteiger partial charge on any atom is 0.306 e. The van der Waals surface area contributed by atoms with E-state index in [0.29, 0.717) is 30.4 Å². The molecule has 0 aliphatic carbocycles. The van der Waals surface area contributed by atoms with Crippen LogP contribution in [0.3, 0.4) is 0 Å². The van der Waals surface area contributed by atoms with E-state index >= 15 is 0 Å². The lowest BCUT2D eigenvalue weighted by molar-refractivity contribution is -0.143. The first kappa shape index (κ1) is 18.9. The molecule has 1 aliphatic rings. The lowest BCUT2D eigenvalue weighted by atomic mass is 9.97. The van der Waals surface area contributed by atoms with Crippen LogP contribution in [0, 0.1) is 11.7 Å². The predicted molar refractivity (Wildman–Crippen MR) is 86.8 cm³/mol. The molecule has 1 aromatic carbocycles. The number of piperidine rings is 1. The molecule has 1 aromatic rings. The third kappa shape index (κ3) is 5.23. The summed E-state index contributed by atoms with van der Waals surface area (Å²) in [6.45, 7) is 1.27. The highest BCUT2D eigenvalue weighted by atomic mass is 79.9. The van der Waals surface area contributed by atoms with E-state index in [1.54, 1.807) is 6.07 Å². The first-order chi connectivity index (χ1) is 9.95. The van der Waals surface area contributed by atoms with E-state index < -0.39 is 11.8 Å². The third-order valence-electron chi connectivity index (χ3n) is 3.51. The number of likely N-dealkylation sites (tertiary alicyclic amines) is 1. The first-order valence-electron chi connectivity index (χ1n) is 6.66. The number of amides is 1. The van der Waals surface area contributed by atoms with E-state index in [4.69, 9.17) is 5.11 Å². The summed E-state index contributed by atoms with van der Waals surface area (Å²) in [5, 5.41) is 11.4. The molecule has 2 N–H and O–H groups in total. The van der Waals surface area contributed by atoms with Crippen LogP contribution in [-0.2, 0) is 9.59 Å². The van der Waals surface area contributed by atoms with Crippen LogP contribution in [0.1, 0.15) is 12.8 Å². The van der Waals surface area contributed by atoms with Gasteiger partial charge in [0, 0.05) is 4.47 Å². The normalized spacial score (nSPS) is 15.9. The van der Waals surface area contributed by atoms with Gasteiger partial charge in [0.05, 0.1) is 18.2 Å². The molecule has 1 heterocycles. The SMILES string of the molecule is Cl.O=C(CN1CCC(C(=O)O)CC1)Nc1ccc(Br)cc1F. The minimum absolute atomic E-state index is 0. The van der Waals surface area contributed by atoms with E-state index in [1.165, 1.54) is 12.1 Å². The number of carbonyl (C=O) groups is 2. The van der Waals surface area contributed by atoms with Crippen molar-refractivity contribution in [2.24, 2.45) is 5.92 Å². The van der Waals surface area contributed by atoms with Crippen LogP contribution in [-0.4, -0.2) is 41.5 Å². The number of aliphatic carboxylic acids is 1. The van der Waals surface area contributed by atoms with E-state index in [0.717, 1.165) is 0 Å². The summed E-state index contributed by atoms with van der Waals surface area (Å²) in [6.07, 6.45) is 1.07. The Morgan fingerprint density at radius 1 is 1.36 bits per heavy atom. The van der Waals surface area contributed by atoms with Crippen molar-refractivity contribution in [2.45, 2.75) is 12.8 Å². The van der Waals surface area contributed by atoms with Crippen molar-refractivity contribution < 1.29 is 19.1 Å². The Labute approximate surface area is 142 Å². The number of hydrogen-bond donors (Lipinski definition) is 2. The summed E-state index contributed by atoms with van der Waals surface area (Å²) in [5.41, 5.74) is 0.142. The molecule has 2 rings (SSSR count). The van der Waals surface area contributed by atoms with E-state index in [1.807, 2.05) is 4.90 Å². The molecule has 22 heavy (non-hydrogen) atoms. The molecular weight excluding hydrogens is 379 g/mol. The third-order valence-corrected chi connectivity index (χ3v) is 4.00. The van der Waals surface area contributed by atoms with Crippen LogP contribution in [0.25, 0.3) is 0 Å². The highest BCUT2D eigenvalue weighted by molar-refractivity contribution is 9.10. The number of anilines is 1. The maximum atomic E-state index is 13.6. The molecule has 0 bridgehead atoms. The lowest BCUT2D eigenvalue weighted by Crippen LogP contribution is -2.40. The number of carbonyl (C=O) groups excluding carboxylic acids is 1. The second-order valence-electron chi connectivity index (χ2n) is 5.06. The van der Waals surface area contributed by atoms with Crippen molar-refractivity contribution in [3.8, 4) is 0 Å². The number of carboxylic acid groups (broad SMARTS) is 1. The molecule has 1 aliphatic heterocycles. The fraction of sp³-hybridized carbons (Fsp3) is 0.429. The molecule has 1 saturated heterocycles. The van der Waals surface area contributed by atoms with Crippen molar-refractivity contribution in [3.63, 3.8) is 0 Å². The van der Waals surface area contributed by atoms with Gasteiger partial charge in [0.2, 0.25) is 5.91 Å². The van der Waals surface area contributed by atoms with Crippen molar-refractivity contribution in [1.29, 1.82) is 0 Å². The smallest absolute Gasteiger partial charge is 0.306 e. The standard InChI is InChI=1S/C14H16BrFN2O3.ClH/c15-10-1-2-12(11(16)7-10)17-13(19)8-18-5-3-9(4-6-18)14(20)21;/h1-2,7,9H,3-6,8H2,(H,17,19)(H,20,21);1H. The number of hydrogen-bond acceptors (Lipinski definition) is 3. The molecule has 5 nitrogen and oxygen atoms in total. The van der Waals surface area contributed by atoms with Crippen LogP contribution < -0.4 is 5.32 Å². The zero-order chi connectivity index (χ0) is 15.4. The van der Waals surface area contributed by atoms with Gasteiger partial charge in [-0.25, -0.2) is 4.39 Å². The summed E-state index contributed by atoms with van der Waals surface area (Å²) in [7, 11) is 0. The monoisotopic (exact) mass is 394 g/mol. The van der Waals surface area contributed by atoms with Crippen LogP contribution in [0.4, 0.5) is 10.1 Å². The van der Waals surface area contributed by atoms with Gasteiger partial charge in [0.1, 0.15) is 5.82 Å². The molecule has 8 heteroatoms. The number of nitrogens with one attached hydrogen (secondary N) is 1. The van der Waals surface area contributed by atoms with Gasteiger partial charge in [-0.1, -0.05) is 15.9 Å². The Morgan fingerprint density at radius 2 is 2.00 bits per heavy atom. The van der Waals surface area contributed by atoms with Crippen LogP contribution >= 0.6 is 28.3 Å². The van der Waals surface area contributed by atoms with Crippen molar-refractivity contribution >= 4 is 45.9 Å². The molecule has 0 aromatic heterocycles. The Morgan fingerprint density at radius 3 is 2.55 bits per heavy atom.